The van der Waals surface area contributed by atoms with E-state index in [2.05, 4.69) is 6.07 Å². The Morgan fingerprint density at radius 3 is 2.73 bits per heavy atom. The van der Waals surface area contributed by atoms with E-state index in [0.717, 1.165) is 10.8 Å². The fourth-order valence-electron chi connectivity index (χ4n) is 1.64. The van der Waals surface area contributed by atoms with Gasteiger partial charge in [-0.25, -0.2) is 0 Å². The SMILES string of the molecule is CCOc1ccc2ccccc2c1C#N. The molecule has 0 atom stereocenters. The molecule has 0 aliphatic carbocycles. The Morgan fingerprint density at radius 2 is 2.00 bits per heavy atom. The first-order valence-electron chi connectivity index (χ1n) is 4.91. The van der Waals surface area contributed by atoms with Crippen LogP contribution < -0.4 is 4.74 Å². The Hall–Kier alpha value is -2.01. The van der Waals surface area contributed by atoms with Crippen molar-refractivity contribution in [2.24, 2.45) is 0 Å². The van der Waals surface area contributed by atoms with Gasteiger partial charge in [-0.15, -0.1) is 0 Å². The number of nitriles is 1. The summed E-state index contributed by atoms with van der Waals surface area (Å²) in [5.41, 5.74) is 0.620. The first-order chi connectivity index (χ1) is 7.36. The average Bonchev–Trinajstić information content (AvgIpc) is 2.29. The van der Waals surface area contributed by atoms with Gasteiger partial charge in [0, 0.05) is 5.39 Å². The maximum Gasteiger partial charge on any atom is 0.137 e. The molecular weight excluding hydrogens is 186 g/mol. The van der Waals surface area contributed by atoms with Gasteiger partial charge in [0.15, 0.2) is 0 Å². The van der Waals surface area contributed by atoms with Crippen molar-refractivity contribution in [3.63, 3.8) is 0 Å². The molecule has 2 nitrogen and oxygen atoms in total. The third-order valence-corrected chi connectivity index (χ3v) is 2.30. The largest absolute Gasteiger partial charge is 0.492 e. The lowest BCUT2D eigenvalue weighted by atomic mass is 10.0. The zero-order valence-corrected chi connectivity index (χ0v) is 8.53. The molecule has 0 bridgehead atoms. The van der Waals surface area contributed by atoms with Crippen LogP contribution in [0.25, 0.3) is 10.8 Å². The first kappa shape index (κ1) is 9.54. The summed E-state index contributed by atoms with van der Waals surface area (Å²) in [6.45, 7) is 2.49. The second-order valence-corrected chi connectivity index (χ2v) is 3.20. The van der Waals surface area contributed by atoms with Crippen molar-refractivity contribution in [2.45, 2.75) is 6.92 Å². The van der Waals surface area contributed by atoms with Crippen molar-refractivity contribution in [1.29, 1.82) is 5.26 Å². The van der Waals surface area contributed by atoms with Crippen molar-refractivity contribution in [1.82, 2.24) is 0 Å². The molecule has 2 aromatic carbocycles. The minimum Gasteiger partial charge on any atom is -0.492 e. The molecule has 0 aliphatic rings. The monoisotopic (exact) mass is 197 g/mol. The third kappa shape index (κ3) is 1.64. The van der Waals surface area contributed by atoms with Crippen molar-refractivity contribution in [3.05, 3.63) is 42.0 Å². The standard InChI is InChI=1S/C13H11NO/c1-2-15-13-8-7-10-5-3-4-6-11(10)12(13)9-14/h3-8H,2H2,1H3. The van der Waals surface area contributed by atoms with E-state index in [1.54, 1.807) is 0 Å². The van der Waals surface area contributed by atoms with Crippen LogP contribution in [0.2, 0.25) is 0 Å². The molecule has 15 heavy (non-hydrogen) atoms. The number of ether oxygens (including phenoxy) is 1. The van der Waals surface area contributed by atoms with Gasteiger partial charge in [-0.3, -0.25) is 0 Å². The van der Waals surface area contributed by atoms with Crippen LogP contribution in [0.1, 0.15) is 12.5 Å². The molecule has 0 unspecified atom stereocenters. The van der Waals surface area contributed by atoms with E-state index < -0.39 is 0 Å². The van der Waals surface area contributed by atoms with Crippen LogP contribution >= 0.6 is 0 Å². The van der Waals surface area contributed by atoms with Crippen LogP contribution in [0.15, 0.2) is 36.4 Å². The number of hydrogen-bond acceptors (Lipinski definition) is 2. The summed E-state index contributed by atoms with van der Waals surface area (Å²) >= 11 is 0. The molecule has 2 aromatic rings. The van der Waals surface area contributed by atoms with Gasteiger partial charge < -0.3 is 4.74 Å². The van der Waals surface area contributed by atoms with Crippen molar-refractivity contribution >= 4 is 10.8 Å². The van der Waals surface area contributed by atoms with Crippen LogP contribution in [0, 0.1) is 11.3 Å². The van der Waals surface area contributed by atoms with Gasteiger partial charge in [-0.05, 0) is 18.4 Å². The van der Waals surface area contributed by atoms with Crippen molar-refractivity contribution in [2.75, 3.05) is 6.61 Å². The summed E-state index contributed by atoms with van der Waals surface area (Å²) in [5, 5.41) is 11.1. The maximum atomic E-state index is 9.11. The van der Waals surface area contributed by atoms with Gasteiger partial charge >= 0.3 is 0 Å². The highest BCUT2D eigenvalue weighted by molar-refractivity contribution is 5.90. The molecule has 2 rings (SSSR count). The minimum absolute atomic E-state index is 0.576. The van der Waals surface area contributed by atoms with Gasteiger partial charge in [-0.1, -0.05) is 30.3 Å². The van der Waals surface area contributed by atoms with Crippen LogP contribution in [-0.2, 0) is 0 Å². The molecule has 74 valence electrons. The van der Waals surface area contributed by atoms with Gasteiger partial charge in [0.25, 0.3) is 0 Å². The molecule has 0 fully saturated rings. The van der Waals surface area contributed by atoms with Gasteiger partial charge in [0.2, 0.25) is 0 Å². The molecule has 0 radical (unpaired) electrons. The zero-order valence-electron chi connectivity index (χ0n) is 8.53. The summed E-state index contributed by atoms with van der Waals surface area (Å²) in [7, 11) is 0. The van der Waals surface area contributed by atoms with E-state index in [9.17, 15) is 0 Å². The first-order valence-corrected chi connectivity index (χ1v) is 4.91. The highest BCUT2D eigenvalue weighted by Crippen LogP contribution is 2.27. The topological polar surface area (TPSA) is 33.0 Å². The molecule has 2 heteroatoms. The average molecular weight is 197 g/mol. The molecule has 0 saturated carbocycles. The second kappa shape index (κ2) is 4.02. The lowest BCUT2D eigenvalue weighted by molar-refractivity contribution is 0.340. The zero-order chi connectivity index (χ0) is 10.7. The summed E-state index contributed by atoms with van der Waals surface area (Å²) in [4.78, 5) is 0. The maximum absolute atomic E-state index is 9.11. The van der Waals surface area contributed by atoms with E-state index in [1.165, 1.54) is 0 Å². The summed E-state index contributed by atoms with van der Waals surface area (Å²) in [6.07, 6.45) is 0. The van der Waals surface area contributed by atoms with Crippen molar-refractivity contribution < 1.29 is 4.74 Å². The Balaban J connectivity index is 2.71. The smallest absolute Gasteiger partial charge is 0.137 e. The molecular formula is C13H11NO. The lowest BCUT2D eigenvalue weighted by Crippen LogP contribution is -1.94. The molecule has 0 aliphatic heterocycles. The number of fused-ring (bicyclic) bond motifs is 1. The predicted octanol–water partition coefficient (Wildman–Crippen LogP) is 3.11. The van der Waals surface area contributed by atoms with E-state index >= 15 is 0 Å². The van der Waals surface area contributed by atoms with Crippen LogP contribution in [0.4, 0.5) is 0 Å². The minimum atomic E-state index is 0.576. The van der Waals surface area contributed by atoms with Crippen LogP contribution in [0.3, 0.4) is 0 Å². The number of benzene rings is 2. The number of nitrogens with zero attached hydrogens (tertiary/aromatic N) is 1. The van der Waals surface area contributed by atoms with Gasteiger partial charge in [0.05, 0.1) is 6.61 Å². The highest BCUT2D eigenvalue weighted by Gasteiger charge is 2.06. The Morgan fingerprint density at radius 1 is 1.20 bits per heavy atom. The van der Waals surface area contributed by atoms with Gasteiger partial charge in [-0.2, -0.15) is 5.26 Å². The molecule has 0 amide bonds. The molecule has 0 heterocycles. The van der Waals surface area contributed by atoms with E-state index in [-0.39, 0.29) is 0 Å². The van der Waals surface area contributed by atoms with Crippen LogP contribution in [0.5, 0.6) is 5.75 Å². The molecule has 0 saturated heterocycles. The van der Waals surface area contributed by atoms with E-state index in [4.69, 9.17) is 10.00 Å². The third-order valence-electron chi connectivity index (χ3n) is 2.30. The summed E-state index contributed by atoms with van der Waals surface area (Å²) < 4.78 is 5.41. The Labute approximate surface area is 88.7 Å². The van der Waals surface area contributed by atoms with E-state index in [1.807, 2.05) is 43.3 Å². The Kier molecular flexibility index (Phi) is 2.55. The second-order valence-electron chi connectivity index (χ2n) is 3.20. The normalized spacial score (nSPS) is 9.87. The fourth-order valence-corrected chi connectivity index (χ4v) is 1.64. The Bertz CT molecular complexity index is 526. The quantitative estimate of drug-likeness (QED) is 0.741. The fraction of sp³-hybridized carbons (Fsp3) is 0.154. The number of rotatable bonds is 2. The van der Waals surface area contributed by atoms with Crippen LogP contribution in [-0.4, -0.2) is 6.61 Å². The highest BCUT2D eigenvalue weighted by atomic mass is 16.5. The molecule has 0 aromatic heterocycles. The van der Waals surface area contributed by atoms with Crippen molar-refractivity contribution in [3.8, 4) is 11.8 Å². The lowest BCUT2D eigenvalue weighted by Gasteiger charge is -2.07. The summed E-state index contributed by atoms with van der Waals surface area (Å²) in [5.74, 6) is 0.665. The molecule has 0 N–H and O–H groups in total. The van der Waals surface area contributed by atoms with E-state index in [0.29, 0.717) is 17.9 Å². The molecule has 0 spiro atoms. The predicted molar refractivity (Wildman–Crippen MR) is 59.8 cm³/mol. The van der Waals surface area contributed by atoms with Gasteiger partial charge in [0.1, 0.15) is 17.4 Å². The summed E-state index contributed by atoms with van der Waals surface area (Å²) in [6, 6.07) is 13.8. The number of hydrogen-bond donors (Lipinski definition) is 0.